The van der Waals surface area contributed by atoms with Gasteiger partial charge in [0.15, 0.2) is 0 Å². The summed E-state index contributed by atoms with van der Waals surface area (Å²) in [5, 5.41) is 0. The molecule has 5 nitrogen and oxygen atoms in total. The van der Waals surface area contributed by atoms with Crippen LogP contribution in [0.1, 0.15) is 52.3 Å². The molecule has 0 fully saturated rings. The van der Waals surface area contributed by atoms with Crippen molar-refractivity contribution in [1.29, 1.82) is 0 Å². The summed E-state index contributed by atoms with van der Waals surface area (Å²) in [6, 6.07) is 18.4. The molecule has 0 N–H and O–H groups in total. The smallest absolute Gasteiger partial charge is 0.255 e. The Morgan fingerprint density at radius 2 is 1.59 bits per heavy atom. The molecule has 0 unspecified atom stereocenters. The molecule has 176 valence electrons. The van der Waals surface area contributed by atoms with Crippen molar-refractivity contribution in [3.63, 3.8) is 0 Å². The normalized spacial score (nSPS) is 11.3. The molecule has 1 amide bonds. The topological polar surface area (TPSA) is 47.4 Å². The fourth-order valence-electron chi connectivity index (χ4n) is 4.66. The molecule has 3 aromatic carbocycles. The second kappa shape index (κ2) is 9.34. The first-order valence-corrected chi connectivity index (χ1v) is 11.7. The Hall–Kier alpha value is -3.60. The van der Waals surface area contributed by atoms with Gasteiger partial charge in [0.05, 0.1) is 24.7 Å². The number of hydrogen-bond donors (Lipinski definition) is 0. The number of fused-ring (bicyclic) bond motifs is 1. The third-order valence-corrected chi connectivity index (χ3v) is 6.30. The Kier molecular flexibility index (Phi) is 6.47. The second-order valence-electron chi connectivity index (χ2n) is 9.35. The molecule has 4 rings (SSSR count). The summed E-state index contributed by atoms with van der Waals surface area (Å²) in [5.74, 6) is 1.67. The maximum Gasteiger partial charge on any atom is 0.255 e. The molecule has 0 atom stereocenters. The summed E-state index contributed by atoms with van der Waals surface area (Å²) < 4.78 is 7.50. The highest BCUT2D eigenvalue weighted by Gasteiger charge is 2.25. The molecule has 4 aromatic rings. The number of methoxy groups -OCH3 is 1. The van der Waals surface area contributed by atoms with Crippen LogP contribution in [-0.2, 0) is 6.54 Å². The van der Waals surface area contributed by atoms with Gasteiger partial charge in [-0.05, 0) is 94.6 Å². The van der Waals surface area contributed by atoms with Gasteiger partial charge in [0, 0.05) is 17.3 Å². The number of carbonyl (C=O) groups is 1. The number of aromatic nitrogens is 2. The molecule has 0 aliphatic carbocycles. The molecule has 1 heterocycles. The molecule has 5 heteroatoms. The number of ether oxygens (including phenoxy) is 1. The largest absolute Gasteiger partial charge is 0.497 e. The maximum absolute atomic E-state index is 13.8. The van der Waals surface area contributed by atoms with E-state index in [-0.39, 0.29) is 11.9 Å². The monoisotopic (exact) mass is 455 g/mol. The first-order valence-electron chi connectivity index (χ1n) is 11.7. The van der Waals surface area contributed by atoms with E-state index in [0.29, 0.717) is 6.54 Å². The number of rotatable bonds is 6. The third-order valence-electron chi connectivity index (χ3n) is 6.30. The van der Waals surface area contributed by atoms with Crippen LogP contribution in [0.4, 0.5) is 0 Å². The van der Waals surface area contributed by atoms with Gasteiger partial charge in [-0.15, -0.1) is 0 Å². The highest BCUT2D eigenvalue weighted by Crippen LogP contribution is 2.27. The zero-order valence-corrected chi connectivity index (χ0v) is 21.1. The van der Waals surface area contributed by atoms with Gasteiger partial charge < -0.3 is 9.64 Å². The van der Waals surface area contributed by atoms with Crippen LogP contribution in [0.15, 0.2) is 54.6 Å². The first-order chi connectivity index (χ1) is 16.2. The van der Waals surface area contributed by atoms with Crippen molar-refractivity contribution in [3.8, 4) is 11.4 Å². The maximum atomic E-state index is 13.8. The van der Waals surface area contributed by atoms with Crippen LogP contribution in [0.2, 0.25) is 0 Å². The summed E-state index contributed by atoms with van der Waals surface area (Å²) in [7, 11) is 1.66. The summed E-state index contributed by atoms with van der Waals surface area (Å²) in [6.45, 7) is 12.7. The van der Waals surface area contributed by atoms with E-state index in [1.54, 1.807) is 7.11 Å². The van der Waals surface area contributed by atoms with Crippen molar-refractivity contribution in [2.75, 3.05) is 7.11 Å². The summed E-state index contributed by atoms with van der Waals surface area (Å²) in [6.07, 6.45) is 0. The van der Waals surface area contributed by atoms with Gasteiger partial charge in [0.1, 0.15) is 11.6 Å². The van der Waals surface area contributed by atoms with Gasteiger partial charge in [-0.25, -0.2) is 4.98 Å². The number of imidazole rings is 1. The van der Waals surface area contributed by atoms with Gasteiger partial charge in [-0.1, -0.05) is 23.8 Å². The van der Waals surface area contributed by atoms with Crippen molar-refractivity contribution in [1.82, 2.24) is 14.5 Å². The van der Waals surface area contributed by atoms with Crippen LogP contribution in [0.25, 0.3) is 16.7 Å². The van der Waals surface area contributed by atoms with Crippen LogP contribution >= 0.6 is 0 Å². The van der Waals surface area contributed by atoms with Gasteiger partial charge in [-0.3, -0.25) is 9.36 Å². The zero-order valence-electron chi connectivity index (χ0n) is 21.1. The van der Waals surface area contributed by atoms with E-state index in [1.807, 2.05) is 49.1 Å². The van der Waals surface area contributed by atoms with E-state index in [0.717, 1.165) is 50.5 Å². The molecule has 0 saturated heterocycles. The lowest BCUT2D eigenvalue weighted by Gasteiger charge is -2.28. The number of nitrogens with zero attached hydrogens (tertiary/aromatic N) is 3. The third kappa shape index (κ3) is 4.43. The number of benzene rings is 3. The Balaban J connectivity index is 1.83. The SMILES string of the molecule is COc1ccc(-n2c(CN(C(=O)c3c(C)cc(C)cc3C)C(C)C)nc3ccc(C)cc32)cc1. The number of carbonyl (C=O) groups excluding carboxylic acids is 1. The quantitative estimate of drug-likeness (QED) is 0.342. The van der Waals surface area contributed by atoms with E-state index in [4.69, 9.17) is 9.72 Å². The van der Waals surface area contributed by atoms with E-state index in [2.05, 4.69) is 56.5 Å². The molecule has 0 radical (unpaired) electrons. The standard InChI is InChI=1S/C29H33N3O2/c1-18(2)31(29(33)28-21(5)14-20(4)15-22(28)6)17-27-30-25-13-8-19(3)16-26(25)32(27)23-9-11-24(34-7)12-10-23/h8-16,18H,17H2,1-7H3. The van der Waals surface area contributed by atoms with Crippen LogP contribution in [-0.4, -0.2) is 33.5 Å². The lowest BCUT2D eigenvalue weighted by Crippen LogP contribution is -2.38. The molecular formula is C29H33N3O2. The predicted octanol–water partition coefficient (Wildman–Crippen LogP) is 6.32. The van der Waals surface area contributed by atoms with Gasteiger partial charge >= 0.3 is 0 Å². The van der Waals surface area contributed by atoms with Crippen molar-refractivity contribution < 1.29 is 9.53 Å². The van der Waals surface area contributed by atoms with Gasteiger partial charge in [-0.2, -0.15) is 0 Å². The van der Waals surface area contributed by atoms with Crippen LogP contribution in [0.5, 0.6) is 5.75 Å². The molecule has 34 heavy (non-hydrogen) atoms. The van der Waals surface area contributed by atoms with E-state index >= 15 is 0 Å². The Morgan fingerprint density at radius 1 is 0.941 bits per heavy atom. The Morgan fingerprint density at radius 3 is 2.18 bits per heavy atom. The molecule has 1 aromatic heterocycles. The molecule has 0 saturated carbocycles. The van der Waals surface area contributed by atoms with Gasteiger partial charge in [0.2, 0.25) is 0 Å². The highest BCUT2D eigenvalue weighted by atomic mass is 16.5. The van der Waals surface area contributed by atoms with Crippen LogP contribution in [0, 0.1) is 27.7 Å². The Bertz CT molecular complexity index is 1330. The number of hydrogen-bond acceptors (Lipinski definition) is 3. The van der Waals surface area contributed by atoms with Gasteiger partial charge in [0.25, 0.3) is 5.91 Å². The molecule has 0 aliphatic heterocycles. The van der Waals surface area contributed by atoms with Crippen molar-refractivity contribution >= 4 is 16.9 Å². The zero-order chi connectivity index (χ0) is 24.6. The highest BCUT2D eigenvalue weighted by molar-refractivity contribution is 5.97. The average Bonchev–Trinajstić information content (AvgIpc) is 3.13. The fourth-order valence-corrected chi connectivity index (χ4v) is 4.66. The van der Waals surface area contributed by atoms with Crippen molar-refractivity contribution in [3.05, 3.63) is 88.2 Å². The van der Waals surface area contributed by atoms with E-state index in [9.17, 15) is 4.79 Å². The van der Waals surface area contributed by atoms with E-state index in [1.165, 1.54) is 5.56 Å². The van der Waals surface area contributed by atoms with Crippen molar-refractivity contribution in [2.24, 2.45) is 0 Å². The number of aryl methyl sites for hydroxylation is 4. The number of amides is 1. The summed E-state index contributed by atoms with van der Waals surface area (Å²) in [4.78, 5) is 20.7. The summed E-state index contributed by atoms with van der Waals surface area (Å²) in [5.41, 5.74) is 8.05. The van der Waals surface area contributed by atoms with Crippen LogP contribution in [0.3, 0.4) is 0 Å². The molecule has 0 aliphatic rings. The minimum absolute atomic E-state index is 0.0125. The minimum atomic E-state index is 0.0125. The van der Waals surface area contributed by atoms with Crippen molar-refractivity contribution in [2.45, 2.75) is 54.1 Å². The lowest BCUT2D eigenvalue weighted by atomic mass is 9.98. The first kappa shape index (κ1) is 23.6. The Labute approximate surface area is 202 Å². The summed E-state index contributed by atoms with van der Waals surface area (Å²) >= 11 is 0. The predicted molar refractivity (Wildman–Crippen MR) is 138 cm³/mol. The average molecular weight is 456 g/mol. The molecule has 0 bridgehead atoms. The minimum Gasteiger partial charge on any atom is -0.497 e. The fraction of sp³-hybridized carbons (Fsp3) is 0.310. The molecule has 0 spiro atoms. The second-order valence-corrected chi connectivity index (χ2v) is 9.35. The van der Waals surface area contributed by atoms with Crippen LogP contribution < -0.4 is 4.74 Å². The molecular weight excluding hydrogens is 422 g/mol. The lowest BCUT2D eigenvalue weighted by molar-refractivity contribution is 0.0683. The van der Waals surface area contributed by atoms with E-state index < -0.39 is 0 Å².